The number of carbonyl (C=O) groups excluding carboxylic acids is 2. The van der Waals surface area contributed by atoms with Crippen molar-refractivity contribution in [3.05, 3.63) is 95.4 Å². The summed E-state index contributed by atoms with van der Waals surface area (Å²) in [7, 11) is 0. The van der Waals surface area contributed by atoms with Crippen LogP contribution in [0.15, 0.2) is 72.8 Å². The molecule has 1 fully saturated rings. The average Bonchev–Trinajstić information content (AvgIpc) is 3.35. The summed E-state index contributed by atoms with van der Waals surface area (Å²) in [5.74, 6) is -2.06. The molecule has 1 aliphatic rings. The van der Waals surface area contributed by atoms with Gasteiger partial charge in [-0.15, -0.1) is 0 Å². The number of hydrogen-bond donors (Lipinski definition) is 2. The first kappa shape index (κ1) is 30.5. The van der Waals surface area contributed by atoms with Gasteiger partial charge < -0.3 is 24.6 Å². The third kappa shape index (κ3) is 6.50. The highest BCUT2D eigenvalue weighted by molar-refractivity contribution is 6.48. The molecule has 2 aromatic carbocycles. The van der Waals surface area contributed by atoms with E-state index in [1.54, 1.807) is 29.7 Å². The second kappa shape index (κ2) is 13.1. The minimum atomic E-state index is -1.24. The molecule has 1 aliphatic heterocycles. The maximum atomic E-state index is 13.8. The fourth-order valence-corrected chi connectivity index (χ4v) is 5.81. The van der Waals surface area contributed by atoms with E-state index in [1.165, 1.54) is 5.56 Å². The topological polar surface area (TPSA) is 119 Å². The molecule has 4 aromatic rings. The maximum Gasteiger partial charge on any atom is 0.323 e. The summed E-state index contributed by atoms with van der Waals surface area (Å²) < 4.78 is 1.61. The molecule has 0 radical (unpaired) electrons. The van der Waals surface area contributed by atoms with E-state index in [0.29, 0.717) is 16.9 Å². The van der Waals surface area contributed by atoms with Crippen molar-refractivity contribution >= 4 is 34.9 Å². The number of hydrogen-bond acceptors (Lipinski definition) is 7. The van der Waals surface area contributed by atoms with Gasteiger partial charge in [0, 0.05) is 61.0 Å². The monoisotopic (exact) mass is 595 g/mol. The van der Waals surface area contributed by atoms with Crippen molar-refractivity contribution < 1.29 is 24.6 Å². The van der Waals surface area contributed by atoms with Crippen LogP contribution in [0.5, 0.6) is 0 Å². The number of aryl methyl sites for hydroxylation is 3. The number of nitrogens with zero attached hydrogens (tertiary/aromatic N) is 5. The quantitative estimate of drug-likeness (QED) is 0.208. The molecule has 5 rings (SSSR count). The van der Waals surface area contributed by atoms with Crippen LogP contribution in [-0.4, -0.2) is 76.8 Å². The number of carboxylic acids is 1. The van der Waals surface area contributed by atoms with Crippen molar-refractivity contribution in [2.75, 3.05) is 54.0 Å². The van der Waals surface area contributed by atoms with Crippen molar-refractivity contribution in [3.8, 4) is 11.1 Å². The molecular formula is C34H37N5O5. The Hall–Kier alpha value is -4.96. The van der Waals surface area contributed by atoms with Gasteiger partial charge in [0.1, 0.15) is 18.1 Å². The molecule has 0 unspecified atom stereocenters. The number of aromatic nitrogens is 2. The van der Waals surface area contributed by atoms with Crippen molar-refractivity contribution in [1.29, 1.82) is 0 Å². The lowest BCUT2D eigenvalue weighted by Crippen LogP contribution is -2.47. The molecule has 0 saturated carbocycles. The average molecular weight is 596 g/mol. The number of ketones is 1. The SMILES string of the molecule is Cc1cc(C)nc(N2CCN(c3ccc(N(CC(=O)O)C(=O)C(=O)c4c(-c5ccccc5)cc(C)n4CCO)cc3)CC2)c1. The number of carboxylic acid groups (broad SMARTS) is 1. The summed E-state index contributed by atoms with van der Waals surface area (Å²) in [5, 5.41) is 19.4. The van der Waals surface area contributed by atoms with E-state index < -0.39 is 24.2 Å². The lowest BCUT2D eigenvalue weighted by molar-refractivity contribution is -0.136. The molecule has 1 saturated heterocycles. The highest BCUT2D eigenvalue weighted by Gasteiger charge is 2.32. The van der Waals surface area contributed by atoms with E-state index >= 15 is 0 Å². The fraction of sp³-hybridized carbons (Fsp3) is 0.294. The number of amides is 1. The Bertz CT molecular complexity index is 1640. The second-order valence-electron chi connectivity index (χ2n) is 11.0. The standard InChI is InChI=1S/C34H37N5O5/c1-23-19-24(2)35-30(20-23)37-15-13-36(14-16-37)27-9-11-28(12-10-27)39(22-31(41)42)34(44)33(43)32-29(26-7-5-4-6-8-26)21-25(3)38(32)17-18-40/h4-12,19-21,40H,13-18,22H2,1-3H3,(H,41,42). The number of aliphatic hydroxyl groups is 1. The van der Waals surface area contributed by atoms with Gasteiger partial charge in [-0.1, -0.05) is 30.3 Å². The van der Waals surface area contributed by atoms with Crippen LogP contribution in [0, 0.1) is 20.8 Å². The Kier molecular flexibility index (Phi) is 9.10. The van der Waals surface area contributed by atoms with Crippen LogP contribution in [0.3, 0.4) is 0 Å². The number of aliphatic hydroxyl groups excluding tert-OH is 1. The van der Waals surface area contributed by atoms with Gasteiger partial charge in [-0.3, -0.25) is 19.3 Å². The lowest BCUT2D eigenvalue weighted by Gasteiger charge is -2.37. The largest absolute Gasteiger partial charge is 0.480 e. The molecule has 0 atom stereocenters. The summed E-state index contributed by atoms with van der Waals surface area (Å²) in [5.41, 5.74) is 5.54. The van der Waals surface area contributed by atoms with Gasteiger partial charge in [0.15, 0.2) is 0 Å². The molecule has 10 nitrogen and oxygen atoms in total. The number of anilines is 3. The van der Waals surface area contributed by atoms with Crippen molar-refractivity contribution in [2.45, 2.75) is 27.3 Å². The molecule has 0 bridgehead atoms. The Morgan fingerprint density at radius 3 is 2.14 bits per heavy atom. The maximum absolute atomic E-state index is 13.8. The van der Waals surface area contributed by atoms with Crippen LogP contribution in [0.4, 0.5) is 17.2 Å². The Labute approximate surface area is 256 Å². The van der Waals surface area contributed by atoms with Gasteiger partial charge in [-0.25, -0.2) is 4.98 Å². The zero-order chi connectivity index (χ0) is 31.4. The molecule has 2 N–H and O–H groups in total. The molecule has 44 heavy (non-hydrogen) atoms. The normalized spacial score (nSPS) is 13.2. The van der Waals surface area contributed by atoms with Gasteiger partial charge in [0.25, 0.3) is 5.78 Å². The number of Topliss-reactive ketones (excluding diaryl/α,β-unsaturated/α-hetero) is 1. The van der Waals surface area contributed by atoms with E-state index in [0.717, 1.165) is 53.8 Å². The first-order chi connectivity index (χ1) is 21.2. The van der Waals surface area contributed by atoms with Crippen molar-refractivity contribution in [2.24, 2.45) is 0 Å². The molecule has 1 amide bonds. The minimum absolute atomic E-state index is 0.119. The minimum Gasteiger partial charge on any atom is -0.480 e. The lowest BCUT2D eigenvalue weighted by atomic mass is 10.0. The molecule has 10 heteroatoms. The van der Waals surface area contributed by atoms with Crippen LogP contribution < -0.4 is 14.7 Å². The number of piperazine rings is 1. The highest BCUT2D eigenvalue weighted by atomic mass is 16.4. The molecule has 2 aromatic heterocycles. The Morgan fingerprint density at radius 1 is 0.864 bits per heavy atom. The number of benzene rings is 2. The third-order valence-electron chi connectivity index (χ3n) is 7.87. The first-order valence-corrected chi connectivity index (χ1v) is 14.7. The summed E-state index contributed by atoms with van der Waals surface area (Å²) >= 11 is 0. The smallest absolute Gasteiger partial charge is 0.323 e. The predicted octanol–water partition coefficient (Wildman–Crippen LogP) is 4.09. The number of carbonyl (C=O) groups is 3. The Morgan fingerprint density at radius 2 is 1.52 bits per heavy atom. The first-order valence-electron chi connectivity index (χ1n) is 14.7. The van der Waals surface area contributed by atoms with E-state index in [-0.39, 0.29) is 18.8 Å². The highest BCUT2D eigenvalue weighted by Crippen LogP contribution is 2.30. The summed E-state index contributed by atoms with van der Waals surface area (Å²) in [6.07, 6.45) is 0. The van der Waals surface area contributed by atoms with Crippen molar-refractivity contribution in [1.82, 2.24) is 9.55 Å². The zero-order valence-electron chi connectivity index (χ0n) is 25.2. The van der Waals surface area contributed by atoms with Gasteiger partial charge in [-0.05, 0) is 74.4 Å². The van der Waals surface area contributed by atoms with Crippen LogP contribution in [0.25, 0.3) is 11.1 Å². The second-order valence-corrected chi connectivity index (χ2v) is 11.0. The van der Waals surface area contributed by atoms with E-state index in [1.807, 2.05) is 49.4 Å². The van der Waals surface area contributed by atoms with Gasteiger partial charge in [0.05, 0.1) is 6.61 Å². The van der Waals surface area contributed by atoms with Crippen LogP contribution in [0.2, 0.25) is 0 Å². The van der Waals surface area contributed by atoms with Gasteiger partial charge >= 0.3 is 11.9 Å². The van der Waals surface area contributed by atoms with Crippen LogP contribution >= 0.6 is 0 Å². The Balaban J connectivity index is 1.37. The molecule has 3 heterocycles. The number of aliphatic carboxylic acids is 1. The third-order valence-corrected chi connectivity index (χ3v) is 7.87. The van der Waals surface area contributed by atoms with E-state index in [4.69, 9.17) is 0 Å². The van der Waals surface area contributed by atoms with Gasteiger partial charge in [0.2, 0.25) is 0 Å². The van der Waals surface area contributed by atoms with E-state index in [2.05, 4.69) is 33.8 Å². The molecule has 0 spiro atoms. The molecule has 0 aliphatic carbocycles. The van der Waals surface area contributed by atoms with Crippen molar-refractivity contribution in [3.63, 3.8) is 0 Å². The number of rotatable bonds is 10. The predicted molar refractivity (Wildman–Crippen MR) is 171 cm³/mol. The van der Waals surface area contributed by atoms with Gasteiger partial charge in [-0.2, -0.15) is 0 Å². The molecular weight excluding hydrogens is 558 g/mol. The summed E-state index contributed by atoms with van der Waals surface area (Å²) in [6.45, 7) is 8.22. The fourth-order valence-electron chi connectivity index (χ4n) is 5.81. The van der Waals surface area contributed by atoms with Crippen LogP contribution in [-0.2, 0) is 16.1 Å². The van der Waals surface area contributed by atoms with E-state index in [9.17, 15) is 24.6 Å². The van der Waals surface area contributed by atoms with Crippen LogP contribution in [0.1, 0.15) is 27.4 Å². The number of pyridine rings is 1. The zero-order valence-corrected chi connectivity index (χ0v) is 25.2. The summed E-state index contributed by atoms with van der Waals surface area (Å²) in [6, 6.07) is 22.2. The molecule has 228 valence electrons. The summed E-state index contributed by atoms with van der Waals surface area (Å²) in [4.78, 5) is 49.6.